The monoisotopic (exact) mass is 284 g/mol. The molecule has 6 heteroatoms. The number of phenols is 2. The first-order valence-electron chi connectivity index (χ1n) is 5.68. The first-order valence-corrected chi connectivity index (χ1v) is 5.68. The molecule has 0 unspecified atom stereocenters. The van der Waals surface area contributed by atoms with Gasteiger partial charge in [-0.25, -0.2) is 0 Å². The van der Waals surface area contributed by atoms with Crippen molar-refractivity contribution >= 4 is 0 Å². The fraction of sp³-hybridized carbons (Fsp3) is 0.143. The lowest BCUT2D eigenvalue weighted by molar-refractivity contribution is -0.138. The van der Waals surface area contributed by atoms with Crippen LogP contribution in [0.2, 0.25) is 0 Å². The van der Waals surface area contributed by atoms with E-state index in [4.69, 9.17) is 9.84 Å². The molecule has 20 heavy (non-hydrogen) atoms. The molecule has 0 atom stereocenters. The van der Waals surface area contributed by atoms with Gasteiger partial charge in [-0.3, -0.25) is 0 Å². The number of ether oxygens (including phenoxy) is 1. The molecule has 0 amide bonds. The number of alkyl halides is 3. The maximum Gasteiger partial charge on any atom is 0.416 e. The van der Waals surface area contributed by atoms with Crippen LogP contribution in [-0.4, -0.2) is 10.2 Å². The highest BCUT2D eigenvalue weighted by molar-refractivity contribution is 5.40. The van der Waals surface area contributed by atoms with Crippen molar-refractivity contribution < 1.29 is 28.1 Å². The fourth-order valence-corrected chi connectivity index (χ4v) is 1.69. The number of hydrogen-bond acceptors (Lipinski definition) is 3. The molecule has 0 bridgehead atoms. The summed E-state index contributed by atoms with van der Waals surface area (Å²) in [6.07, 6.45) is -4.59. The molecule has 0 fully saturated rings. The lowest BCUT2D eigenvalue weighted by atomic mass is 10.1. The van der Waals surface area contributed by atoms with Gasteiger partial charge in [0.1, 0.15) is 12.4 Å². The zero-order valence-electron chi connectivity index (χ0n) is 10.2. The van der Waals surface area contributed by atoms with Gasteiger partial charge in [0.05, 0.1) is 5.56 Å². The number of hydrogen-bond donors (Lipinski definition) is 2. The van der Waals surface area contributed by atoms with Gasteiger partial charge in [-0.15, -0.1) is 0 Å². The van der Waals surface area contributed by atoms with E-state index < -0.39 is 17.5 Å². The highest BCUT2D eigenvalue weighted by Crippen LogP contribution is 2.35. The first-order chi connectivity index (χ1) is 9.38. The second kappa shape index (κ2) is 5.32. The van der Waals surface area contributed by atoms with E-state index in [2.05, 4.69) is 0 Å². The topological polar surface area (TPSA) is 49.7 Å². The molecule has 0 saturated carbocycles. The van der Waals surface area contributed by atoms with E-state index in [-0.39, 0.29) is 23.7 Å². The number of para-hydroxylation sites is 2. The highest BCUT2D eigenvalue weighted by Gasteiger charge is 2.33. The van der Waals surface area contributed by atoms with Gasteiger partial charge < -0.3 is 14.9 Å². The number of rotatable bonds is 3. The third-order valence-corrected chi connectivity index (χ3v) is 2.65. The van der Waals surface area contributed by atoms with E-state index in [0.717, 1.165) is 12.1 Å². The zero-order valence-corrected chi connectivity index (χ0v) is 10.2. The average Bonchev–Trinajstić information content (AvgIpc) is 2.38. The quantitative estimate of drug-likeness (QED) is 0.903. The molecule has 0 spiro atoms. The highest BCUT2D eigenvalue weighted by atomic mass is 19.4. The molecule has 0 heterocycles. The van der Waals surface area contributed by atoms with Crippen molar-refractivity contribution in [3.8, 4) is 17.2 Å². The van der Waals surface area contributed by atoms with E-state index in [1.165, 1.54) is 12.1 Å². The Labute approximate surface area is 112 Å². The van der Waals surface area contributed by atoms with Crippen LogP contribution in [0, 0.1) is 0 Å². The second-order valence-corrected chi connectivity index (χ2v) is 4.10. The van der Waals surface area contributed by atoms with Crippen LogP contribution in [0.15, 0.2) is 42.5 Å². The molecule has 0 saturated heterocycles. The summed E-state index contributed by atoms with van der Waals surface area (Å²) in [6, 6.07) is 8.92. The molecule has 0 radical (unpaired) electrons. The predicted octanol–water partition coefficient (Wildman–Crippen LogP) is 3.70. The summed E-state index contributed by atoms with van der Waals surface area (Å²) in [4.78, 5) is 0. The summed E-state index contributed by atoms with van der Waals surface area (Å²) < 4.78 is 43.6. The molecule has 3 nitrogen and oxygen atoms in total. The molecule has 2 rings (SSSR count). The van der Waals surface area contributed by atoms with Crippen LogP contribution in [0.3, 0.4) is 0 Å². The van der Waals surface area contributed by atoms with Crippen molar-refractivity contribution in [3.63, 3.8) is 0 Å². The maximum atomic E-state index is 12.8. The Bertz CT molecular complexity index is 609. The average molecular weight is 284 g/mol. The Morgan fingerprint density at radius 3 is 2.35 bits per heavy atom. The van der Waals surface area contributed by atoms with E-state index in [9.17, 15) is 18.3 Å². The summed E-state index contributed by atoms with van der Waals surface area (Å²) in [5, 5.41) is 18.6. The van der Waals surface area contributed by atoms with Gasteiger partial charge in [0.15, 0.2) is 11.5 Å². The van der Waals surface area contributed by atoms with Gasteiger partial charge in [-0.2, -0.15) is 13.2 Å². The van der Waals surface area contributed by atoms with Crippen molar-refractivity contribution in [3.05, 3.63) is 53.6 Å². The molecule has 2 aromatic carbocycles. The van der Waals surface area contributed by atoms with Gasteiger partial charge in [0.2, 0.25) is 0 Å². The number of halogens is 3. The molecule has 2 N–H and O–H groups in total. The minimum Gasteiger partial charge on any atom is -0.508 e. The Morgan fingerprint density at radius 2 is 1.70 bits per heavy atom. The van der Waals surface area contributed by atoms with Crippen LogP contribution in [-0.2, 0) is 12.8 Å². The van der Waals surface area contributed by atoms with E-state index >= 15 is 0 Å². The standard InChI is InChI=1S/C14H11F3O3/c15-14(16,17)11-7-10(18)6-5-9(11)8-20-13-4-2-1-3-12(13)19/h1-7,18-19H,8H2. The minimum absolute atomic E-state index is 0.0914. The minimum atomic E-state index is -4.59. The molecule has 106 valence electrons. The Morgan fingerprint density at radius 1 is 1.00 bits per heavy atom. The van der Waals surface area contributed by atoms with Crippen LogP contribution in [0.5, 0.6) is 17.2 Å². The van der Waals surface area contributed by atoms with Crippen molar-refractivity contribution in [1.29, 1.82) is 0 Å². The van der Waals surface area contributed by atoms with Crippen LogP contribution in [0.1, 0.15) is 11.1 Å². The molecule has 2 aromatic rings. The predicted molar refractivity (Wildman–Crippen MR) is 65.5 cm³/mol. The molecule has 0 aliphatic carbocycles. The first kappa shape index (κ1) is 14.0. The van der Waals surface area contributed by atoms with E-state index in [1.807, 2.05) is 0 Å². The lowest BCUT2D eigenvalue weighted by Gasteiger charge is -2.14. The van der Waals surface area contributed by atoms with Crippen molar-refractivity contribution in [2.75, 3.05) is 0 Å². The SMILES string of the molecule is Oc1ccc(COc2ccccc2O)c(C(F)(F)F)c1. The Hall–Kier alpha value is -2.37. The van der Waals surface area contributed by atoms with Crippen LogP contribution in [0.4, 0.5) is 13.2 Å². The van der Waals surface area contributed by atoms with Crippen LogP contribution >= 0.6 is 0 Å². The number of benzene rings is 2. The summed E-state index contributed by atoms with van der Waals surface area (Å²) in [6.45, 7) is -0.368. The van der Waals surface area contributed by atoms with Crippen molar-refractivity contribution in [2.45, 2.75) is 12.8 Å². The van der Waals surface area contributed by atoms with Crippen LogP contribution < -0.4 is 4.74 Å². The normalized spacial score (nSPS) is 11.3. The molecule has 0 aliphatic heterocycles. The summed E-state index contributed by atoms with van der Waals surface area (Å²) in [5.41, 5.74) is -1.09. The smallest absolute Gasteiger partial charge is 0.416 e. The summed E-state index contributed by atoms with van der Waals surface area (Å²) in [5.74, 6) is -0.530. The Balaban J connectivity index is 2.24. The van der Waals surface area contributed by atoms with Crippen molar-refractivity contribution in [1.82, 2.24) is 0 Å². The third-order valence-electron chi connectivity index (χ3n) is 2.65. The molecular formula is C14H11F3O3. The van der Waals surface area contributed by atoms with Gasteiger partial charge >= 0.3 is 6.18 Å². The number of aromatic hydroxyl groups is 2. The Kier molecular flexibility index (Phi) is 3.74. The van der Waals surface area contributed by atoms with Gasteiger partial charge in [0, 0.05) is 5.56 Å². The largest absolute Gasteiger partial charge is 0.508 e. The molecule has 0 aromatic heterocycles. The van der Waals surface area contributed by atoms with Crippen molar-refractivity contribution in [2.24, 2.45) is 0 Å². The second-order valence-electron chi connectivity index (χ2n) is 4.10. The van der Waals surface area contributed by atoms with Gasteiger partial charge in [-0.1, -0.05) is 18.2 Å². The number of phenolic OH excluding ortho intramolecular Hbond substituents is 2. The zero-order chi connectivity index (χ0) is 14.8. The summed E-state index contributed by atoms with van der Waals surface area (Å²) in [7, 11) is 0. The lowest BCUT2D eigenvalue weighted by Crippen LogP contribution is -2.10. The van der Waals surface area contributed by atoms with Gasteiger partial charge in [-0.05, 0) is 24.3 Å². The molecular weight excluding hydrogens is 273 g/mol. The summed E-state index contributed by atoms with van der Waals surface area (Å²) >= 11 is 0. The third kappa shape index (κ3) is 3.14. The molecule has 0 aliphatic rings. The van der Waals surface area contributed by atoms with Gasteiger partial charge in [0.25, 0.3) is 0 Å². The van der Waals surface area contributed by atoms with E-state index in [0.29, 0.717) is 6.07 Å². The fourth-order valence-electron chi connectivity index (χ4n) is 1.69. The van der Waals surface area contributed by atoms with E-state index in [1.54, 1.807) is 12.1 Å². The maximum absolute atomic E-state index is 12.8. The van der Waals surface area contributed by atoms with Crippen LogP contribution in [0.25, 0.3) is 0 Å².